The van der Waals surface area contributed by atoms with E-state index >= 15 is 0 Å². The van der Waals surface area contributed by atoms with Gasteiger partial charge in [-0.1, -0.05) is 13.8 Å². The van der Waals surface area contributed by atoms with E-state index in [1.807, 2.05) is 30.4 Å². The Balaban J connectivity index is 2.53. The predicted molar refractivity (Wildman–Crippen MR) is 79.5 cm³/mol. The lowest BCUT2D eigenvalue weighted by molar-refractivity contribution is 0.650. The number of nitrogens with two attached hydrogens (primary N) is 1. The Morgan fingerprint density at radius 3 is 2.65 bits per heavy atom. The number of halogens is 1. The predicted octanol–water partition coefficient (Wildman–Crippen LogP) is 2.89. The molecule has 0 radical (unpaired) electrons. The van der Waals surface area contributed by atoms with Crippen molar-refractivity contribution >= 4 is 27.7 Å². The minimum Gasteiger partial charge on any atom is -0.327 e. The molecule has 0 aliphatic rings. The monoisotopic (exact) mass is 319 g/mol. The van der Waals surface area contributed by atoms with Crippen LogP contribution < -0.4 is 5.73 Å². The molecule has 2 atom stereocenters. The highest BCUT2D eigenvalue weighted by Gasteiger charge is 2.14. The maximum atomic E-state index is 6.17. The van der Waals surface area contributed by atoms with Gasteiger partial charge in [-0.25, -0.2) is 0 Å². The van der Waals surface area contributed by atoms with Gasteiger partial charge in [-0.05, 0) is 29.3 Å². The van der Waals surface area contributed by atoms with Crippen LogP contribution in [-0.2, 0) is 13.5 Å². The largest absolute Gasteiger partial charge is 0.327 e. The van der Waals surface area contributed by atoms with Gasteiger partial charge in [-0.2, -0.15) is 16.9 Å². The van der Waals surface area contributed by atoms with Gasteiger partial charge in [-0.3, -0.25) is 4.68 Å². The summed E-state index contributed by atoms with van der Waals surface area (Å²) in [6, 6.07) is 0.195. The van der Waals surface area contributed by atoms with E-state index in [9.17, 15) is 0 Å². The first-order valence-electron chi connectivity index (χ1n) is 6.00. The summed E-state index contributed by atoms with van der Waals surface area (Å²) in [7, 11) is 1.97. The molecule has 3 nitrogen and oxygen atoms in total. The fraction of sp³-hybridized carbons (Fsp3) is 0.750. The summed E-state index contributed by atoms with van der Waals surface area (Å²) in [4.78, 5) is 0. The quantitative estimate of drug-likeness (QED) is 0.876. The zero-order valence-corrected chi connectivity index (χ0v) is 13.4. The first-order valence-corrected chi connectivity index (χ1v) is 7.85. The second-order valence-corrected chi connectivity index (χ2v) is 6.75. The summed E-state index contributed by atoms with van der Waals surface area (Å²) in [5.74, 6) is 1.01. The van der Waals surface area contributed by atoms with Gasteiger partial charge in [0.2, 0.25) is 0 Å². The highest BCUT2D eigenvalue weighted by atomic mass is 79.9. The third-order valence-corrected chi connectivity index (χ3v) is 5.44. The molecule has 1 aromatic rings. The Bertz CT molecular complexity index is 365. The molecule has 0 aliphatic heterocycles. The first kappa shape index (κ1) is 15.1. The number of rotatable bonds is 6. The number of aryl methyl sites for hydroxylation is 2. The summed E-state index contributed by atoms with van der Waals surface area (Å²) >= 11 is 5.53. The molecule has 0 aromatic carbocycles. The molecule has 0 fully saturated rings. The molecule has 1 aromatic heterocycles. The van der Waals surface area contributed by atoms with Crippen molar-refractivity contribution in [2.24, 2.45) is 12.8 Å². The van der Waals surface area contributed by atoms with Crippen molar-refractivity contribution in [1.29, 1.82) is 0 Å². The molecule has 2 N–H and O–H groups in total. The number of nitrogens with zero attached hydrogens (tertiary/aromatic N) is 2. The molecule has 2 unspecified atom stereocenters. The average molecular weight is 320 g/mol. The number of aromatic nitrogens is 2. The minimum absolute atomic E-state index is 0.195. The summed E-state index contributed by atoms with van der Waals surface area (Å²) < 4.78 is 3.02. The van der Waals surface area contributed by atoms with Gasteiger partial charge in [0.1, 0.15) is 0 Å². The Morgan fingerprint density at radius 1 is 1.53 bits per heavy atom. The zero-order valence-electron chi connectivity index (χ0n) is 11.0. The van der Waals surface area contributed by atoms with Crippen molar-refractivity contribution in [3.05, 3.63) is 15.9 Å². The highest BCUT2D eigenvalue weighted by molar-refractivity contribution is 9.10. The molecule has 0 amide bonds. The van der Waals surface area contributed by atoms with Gasteiger partial charge < -0.3 is 5.73 Å². The SMILES string of the molecule is CCC(C)SCC(N)Cc1c(Br)c(C)nn1C. The van der Waals surface area contributed by atoms with Crippen LogP contribution in [0.5, 0.6) is 0 Å². The zero-order chi connectivity index (χ0) is 13.0. The Morgan fingerprint density at radius 2 is 2.18 bits per heavy atom. The lowest BCUT2D eigenvalue weighted by Gasteiger charge is -2.14. The smallest absolute Gasteiger partial charge is 0.0738 e. The number of hydrogen-bond acceptors (Lipinski definition) is 3. The standard InChI is InChI=1S/C12H22BrN3S/c1-5-8(2)17-7-10(14)6-11-12(13)9(3)15-16(11)4/h8,10H,5-7,14H2,1-4H3. The maximum Gasteiger partial charge on any atom is 0.0738 e. The highest BCUT2D eigenvalue weighted by Crippen LogP contribution is 2.22. The molecular weight excluding hydrogens is 298 g/mol. The van der Waals surface area contributed by atoms with Crippen molar-refractivity contribution in [1.82, 2.24) is 9.78 Å². The van der Waals surface area contributed by atoms with Crippen molar-refractivity contribution < 1.29 is 0 Å². The summed E-state index contributed by atoms with van der Waals surface area (Å²) in [6.45, 7) is 6.47. The van der Waals surface area contributed by atoms with Crippen LogP contribution in [0.2, 0.25) is 0 Å². The van der Waals surface area contributed by atoms with E-state index in [4.69, 9.17) is 5.73 Å². The second kappa shape index (κ2) is 6.81. The summed E-state index contributed by atoms with van der Waals surface area (Å²) in [5.41, 5.74) is 8.40. The fourth-order valence-corrected chi connectivity index (χ4v) is 3.04. The molecule has 98 valence electrons. The van der Waals surface area contributed by atoms with Crippen molar-refractivity contribution in [3.8, 4) is 0 Å². The van der Waals surface area contributed by atoms with Gasteiger partial charge >= 0.3 is 0 Å². The lowest BCUT2D eigenvalue weighted by Crippen LogP contribution is -2.27. The number of hydrogen-bond donors (Lipinski definition) is 1. The van der Waals surface area contributed by atoms with Gasteiger partial charge in [-0.15, -0.1) is 0 Å². The molecule has 5 heteroatoms. The second-order valence-electron chi connectivity index (χ2n) is 4.49. The summed E-state index contributed by atoms with van der Waals surface area (Å²) in [5, 5.41) is 5.07. The van der Waals surface area contributed by atoms with Gasteiger partial charge in [0.15, 0.2) is 0 Å². The van der Waals surface area contributed by atoms with Crippen LogP contribution >= 0.6 is 27.7 Å². The molecular formula is C12H22BrN3S. The van der Waals surface area contributed by atoms with E-state index in [1.54, 1.807) is 0 Å². The molecule has 0 spiro atoms. The van der Waals surface area contributed by atoms with Crippen LogP contribution in [0.15, 0.2) is 4.47 Å². The molecule has 0 saturated heterocycles. The van der Waals surface area contributed by atoms with E-state index in [-0.39, 0.29) is 6.04 Å². The Kier molecular flexibility index (Phi) is 6.03. The molecule has 17 heavy (non-hydrogen) atoms. The normalized spacial score (nSPS) is 14.9. The van der Waals surface area contributed by atoms with E-state index in [0.29, 0.717) is 5.25 Å². The van der Waals surface area contributed by atoms with Gasteiger partial charge in [0, 0.05) is 30.5 Å². The molecule has 0 aliphatic carbocycles. The van der Waals surface area contributed by atoms with Crippen LogP contribution in [0, 0.1) is 6.92 Å². The van der Waals surface area contributed by atoms with Crippen molar-refractivity contribution in [2.75, 3.05) is 5.75 Å². The molecule has 1 heterocycles. The Labute approximate surface area is 117 Å². The topological polar surface area (TPSA) is 43.8 Å². The lowest BCUT2D eigenvalue weighted by atomic mass is 10.2. The van der Waals surface area contributed by atoms with E-state index < -0.39 is 0 Å². The summed E-state index contributed by atoms with van der Waals surface area (Å²) in [6.07, 6.45) is 2.08. The van der Waals surface area contributed by atoms with Crippen molar-refractivity contribution in [3.63, 3.8) is 0 Å². The third-order valence-electron chi connectivity index (χ3n) is 2.89. The van der Waals surface area contributed by atoms with Crippen LogP contribution in [-0.4, -0.2) is 26.8 Å². The van der Waals surface area contributed by atoms with E-state index in [1.165, 1.54) is 12.1 Å². The van der Waals surface area contributed by atoms with Crippen LogP contribution in [0.25, 0.3) is 0 Å². The maximum absolute atomic E-state index is 6.17. The Hall–Kier alpha value is 0. The van der Waals surface area contributed by atoms with Crippen LogP contribution in [0.3, 0.4) is 0 Å². The van der Waals surface area contributed by atoms with Crippen LogP contribution in [0.4, 0.5) is 0 Å². The third kappa shape index (κ3) is 4.30. The van der Waals surface area contributed by atoms with Gasteiger partial charge in [0.25, 0.3) is 0 Å². The van der Waals surface area contributed by atoms with E-state index in [2.05, 4.69) is 34.9 Å². The molecule has 0 bridgehead atoms. The minimum atomic E-state index is 0.195. The fourth-order valence-electron chi connectivity index (χ4n) is 1.61. The van der Waals surface area contributed by atoms with Crippen molar-refractivity contribution in [2.45, 2.75) is 44.9 Å². The van der Waals surface area contributed by atoms with E-state index in [0.717, 1.165) is 22.3 Å². The molecule has 1 rings (SSSR count). The van der Waals surface area contributed by atoms with Crippen LogP contribution in [0.1, 0.15) is 31.7 Å². The first-order chi connectivity index (χ1) is 7.95. The number of thioether (sulfide) groups is 1. The van der Waals surface area contributed by atoms with Gasteiger partial charge in [0.05, 0.1) is 15.9 Å². The average Bonchev–Trinajstić information content (AvgIpc) is 2.53. The molecule has 0 saturated carbocycles.